The number of amides is 1. The van der Waals surface area contributed by atoms with Crippen LogP contribution in [0.25, 0.3) is 16.9 Å². The van der Waals surface area contributed by atoms with Gasteiger partial charge < -0.3 is 15.4 Å². The second-order valence-corrected chi connectivity index (χ2v) is 6.73. The zero-order valence-corrected chi connectivity index (χ0v) is 15.5. The maximum absolute atomic E-state index is 12.4. The number of rotatable bonds is 6. The van der Waals surface area contributed by atoms with Crippen molar-refractivity contribution in [2.75, 3.05) is 19.8 Å². The Bertz CT molecular complexity index is 905. The molecule has 1 fully saturated rings. The topological polar surface area (TPSA) is 81.1 Å². The summed E-state index contributed by atoms with van der Waals surface area (Å²) in [6.45, 7) is 2.47. The molecule has 4 rings (SSSR count). The molecular weight excluding hydrogens is 354 g/mol. The summed E-state index contributed by atoms with van der Waals surface area (Å²) >= 11 is 0. The van der Waals surface area contributed by atoms with Gasteiger partial charge in [0.15, 0.2) is 0 Å². The number of benzene rings is 1. The van der Waals surface area contributed by atoms with Crippen LogP contribution in [0.4, 0.5) is 0 Å². The highest BCUT2D eigenvalue weighted by molar-refractivity contribution is 5.77. The Balaban J connectivity index is 1.51. The van der Waals surface area contributed by atoms with E-state index in [1.165, 1.54) is 0 Å². The lowest BCUT2D eigenvalue weighted by Crippen LogP contribution is -2.44. The summed E-state index contributed by atoms with van der Waals surface area (Å²) in [7, 11) is 0. The fourth-order valence-corrected chi connectivity index (χ4v) is 3.25. The molecule has 2 N–H and O–H groups in total. The van der Waals surface area contributed by atoms with Crippen LogP contribution in [0.1, 0.15) is 12.0 Å². The average molecular weight is 377 g/mol. The minimum atomic E-state index is -0.00357. The number of hydrogen-bond acceptors (Lipinski definition) is 5. The second-order valence-electron chi connectivity index (χ2n) is 6.73. The first-order valence-corrected chi connectivity index (χ1v) is 9.42. The number of carbonyl (C=O) groups excluding carboxylic acids is 1. The van der Waals surface area contributed by atoms with Gasteiger partial charge in [-0.2, -0.15) is 5.10 Å². The lowest BCUT2D eigenvalue weighted by Gasteiger charge is -2.23. The van der Waals surface area contributed by atoms with Crippen molar-refractivity contribution in [2.45, 2.75) is 19.0 Å². The van der Waals surface area contributed by atoms with E-state index in [1.807, 2.05) is 53.3 Å². The van der Waals surface area contributed by atoms with Gasteiger partial charge >= 0.3 is 0 Å². The van der Waals surface area contributed by atoms with Crippen molar-refractivity contribution in [3.63, 3.8) is 0 Å². The largest absolute Gasteiger partial charge is 0.378 e. The monoisotopic (exact) mass is 377 g/mol. The number of ether oxygens (including phenoxy) is 1. The number of aromatic nitrogens is 3. The smallest absolute Gasteiger partial charge is 0.221 e. The van der Waals surface area contributed by atoms with E-state index in [9.17, 15) is 4.79 Å². The van der Waals surface area contributed by atoms with Crippen LogP contribution < -0.4 is 10.6 Å². The van der Waals surface area contributed by atoms with E-state index in [4.69, 9.17) is 9.84 Å². The number of morpholine rings is 1. The Kier molecular flexibility index (Phi) is 5.75. The second kappa shape index (κ2) is 8.77. The highest BCUT2D eigenvalue weighted by Crippen LogP contribution is 2.23. The Labute approximate surface area is 163 Å². The molecule has 3 heterocycles. The highest BCUT2D eigenvalue weighted by Gasteiger charge is 2.18. The number of carbonyl (C=O) groups is 1. The Morgan fingerprint density at radius 3 is 2.79 bits per heavy atom. The molecule has 1 amide bonds. The molecular formula is C21H23N5O2. The fourth-order valence-electron chi connectivity index (χ4n) is 3.25. The summed E-state index contributed by atoms with van der Waals surface area (Å²) in [4.78, 5) is 16.4. The summed E-state index contributed by atoms with van der Waals surface area (Å²) in [6.07, 6.45) is 5.85. The van der Waals surface area contributed by atoms with Crippen molar-refractivity contribution in [2.24, 2.45) is 0 Å². The summed E-state index contributed by atoms with van der Waals surface area (Å²) in [5, 5.41) is 11.1. The van der Waals surface area contributed by atoms with Crippen LogP contribution in [0, 0.1) is 0 Å². The minimum Gasteiger partial charge on any atom is -0.378 e. The molecule has 1 unspecified atom stereocenters. The van der Waals surface area contributed by atoms with Crippen molar-refractivity contribution >= 4 is 5.91 Å². The predicted octanol–water partition coefficient (Wildman–Crippen LogP) is 1.93. The van der Waals surface area contributed by atoms with Gasteiger partial charge in [0, 0.05) is 55.3 Å². The molecule has 28 heavy (non-hydrogen) atoms. The Morgan fingerprint density at radius 2 is 2.04 bits per heavy atom. The molecule has 7 nitrogen and oxygen atoms in total. The quantitative estimate of drug-likeness (QED) is 0.686. The maximum Gasteiger partial charge on any atom is 0.221 e. The molecule has 0 spiro atoms. The van der Waals surface area contributed by atoms with Crippen LogP contribution in [0.15, 0.2) is 61.1 Å². The van der Waals surface area contributed by atoms with Crippen LogP contribution >= 0.6 is 0 Å². The van der Waals surface area contributed by atoms with Crippen LogP contribution in [0.3, 0.4) is 0 Å². The van der Waals surface area contributed by atoms with Crippen molar-refractivity contribution in [1.82, 2.24) is 25.4 Å². The molecule has 1 saturated heterocycles. The lowest BCUT2D eigenvalue weighted by atomic mass is 10.1. The maximum atomic E-state index is 12.4. The molecule has 1 aliphatic heterocycles. The number of hydrogen-bond donors (Lipinski definition) is 2. The molecule has 0 bridgehead atoms. The molecule has 1 aliphatic rings. The number of para-hydroxylation sites is 1. The van der Waals surface area contributed by atoms with Gasteiger partial charge in [0.05, 0.1) is 24.6 Å². The predicted molar refractivity (Wildman–Crippen MR) is 106 cm³/mol. The first-order chi connectivity index (χ1) is 13.8. The van der Waals surface area contributed by atoms with Crippen molar-refractivity contribution < 1.29 is 9.53 Å². The Morgan fingerprint density at radius 1 is 1.21 bits per heavy atom. The van der Waals surface area contributed by atoms with E-state index in [2.05, 4.69) is 15.6 Å². The van der Waals surface area contributed by atoms with E-state index >= 15 is 0 Å². The zero-order chi connectivity index (χ0) is 19.2. The summed E-state index contributed by atoms with van der Waals surface area (Å²) in [5.74, 6) is -0.00357. The lowest BCUT2D eigenvalue weighted by molar-refractivity contribution is -0.122. The Hall–Kier alpha value is -3.03. The minimum absolute atomic E-state index is 0.00357. The highest BCUT2D eigenvalue weighted by atomic mass is 16.5. The van der Waals surface area contributed by atoms with Crippen LogP contribution in [0.2, 0.25) is 0 Å². The number of pyridine rings is 1. The van der Waals surface area contributed by atoms with Crippen LogP contribution in [-0.4, -0.2) is 46.5 Å². The summed E-state index contributed by atoms with van der Waals surface area (Å²) in [5.41, 5.74) is 3.73. The normalized spacial score (nSPS) is 16.6. The van der Waals surface area contributed by atoms with Crippen LogP contribution in [-0.2, 0) is 16.1 Å². The van der Waals surface area contributed by atoms with Crippen molar-refractivity contribution in [3.05, 3.63) is 66.6 Å². The van der Waals surface area contributed by atoms with Gasteiger partial charge in [0.2, 0.25) is 5.91 Å². The third kappa shape index (κ3) is 4.44. The van der Waals surface area contributed by atoms with Gasteiger partial charge in [-0.05, 0) is 24.3 Å². The van der Waals surface area contributed by atoms with E-state index in [0.717, 1.165) is 29.1 Å². The molecule has 0 aliphatic carbocycles. The fraction of sp³-hybridized carbons (Fsp3) is 0.286. The van der Waals surface area contributed by atoms with Crippen LogP contribution in [0.5, 0.6) is 0 Å². The molecule has 144 valence electrons. The number of nitrogens with zero attached hydrogens (tertiary/aromatic N) is 3. The molecule has 3 aromatic rings. The van der Waals surface area contributed by atoms with Gasteiger partial charge in [0.1, 0.15) is 0 Å². The summed E-state index contributed by atoms with van der Waals surface area (Å²) in [6, 6.07) is 13.8. The van der Waals surface area contributed by atoms with E-state index in [0.29, 0.717) is 26.2 Å². The van der Waals surface area contributed by atoms with Gasteiger partial charge in [-0.25, -0.2) is 4.68 Å². The SMILES string of the molecule is O=C(CC1COCCN1)NCc1cn(-c2ccccc2)nc1-c1ccncc1. The van der Waals surface area contributed by atoms with Gasteiger partial charge in [-0.3, -0.25) is 9.78 Å². The summed E-state index contributed by atoms with van der Waals surface area (Å²) < 4.78 is 7.25. The van der Waals surface area contributed by atoms with Gasteiger partial charge in [-0.1, -0.05) is 18.2 Å². The average Bonchev–Trinajstić information content (AvgIpc) is 3.19. The first-order valence-electron chi connectivity index (χ1n) is 9.42. The third-order valence-corrected chi connectivity index (χ3v) is 4.67. The standard InChI is InChI=1S/C21H23N5O2/c27-20(12-18-15-28-11-10-23-18)24-13-17-14-26(19-4-2-1-3-5-19)25-21(17)16-6-8-22-9-7-16/h1-9,14,18,23H,10-13,15H2,(H,24,27). The molecule has 1 atom stereocenters. The molecule has 1 aromatic carbocycles. The molecule has 7 heteroatoms. The van der Waals surface area contributed by atoms with Crippen molar-refractivity contribution in [1.29, 1.82) is 0 Å². The third-order valence-electron chi connectivity index (χ3n) is 4.67. The molecule has 0 saturated carbocycles. The molecule has 0 radical (unpaired) electrons. The van der Waals surface area contributed by atoms with E-state index in [-0.39, 0.29) is 11.9 Å². The van der Waals surface area contributed by atoms with E-state index in [1.54, 1.807) is 12.4 Å². The van der Waals surface area contributed by atoms with Gasteiger partial charge in [0.25, 0.3) is 0 Å². The van der Waals surface area contributed by atoms with Crippen molar-refractivity contribution in [3.8, 4) is 16.9 Å². The first kappa shape index (κ1) is 18.3. The van der Waals surface area contributed by atoms with E-state index < -0.39 is 0 Å². The molecule has 2 aromatic heterocycles. The zero-order valence-electron chi connectivity index (χ0n) is 15.5. The van der Waals surface area contributed by atoms with Gasteiger partial charge in [-0.15, -0.1) is 0 Å². The number of nitrogens with one attached hydrogen (secondary N) is 2.